The van der Waals surface area contributed by atoms with Crippen LogP contribution < -0.4 is 15.5 Å². The molecular formula is C52H33ClN4S. The van der Waals surface area contributed by atoms with Crippen LogP contribution in [0.3, 0.4) is 0 Å². The molecule has 0 spiro atoms. The number of hydrogen-bond acceptors (Lipinski definition) is 4. The lowest BCUT2D eigenvalue weighted by Crippen LogP contribution is -2.32. The molecule has 10 aromatic rings. The fourth-order valence-corrected chi connectivity index (χ4v) is 11.7. The molecule has 0 amide bonds. The first-order valence-corrected chi connectivity index (χ1v) is 21.2. The van der Waals surface area contributed by atoms with E-state index >= 15 is 0 Å². The van der Waals surface area contributed by atoms with Gasteiger partial charge in [0.15, 0.2) is 11.0 Å². The Morgan fingerprint density at radius 1 is 0.672 bits per heavy atom. The van der Waals surface area contributed by atoms with Crippen LogP contribution in [-0.2, 0) is 0 Å². The van der Waals surface area contributed by atoms with Gasteiger partial charge in [0.1, 0.15) is 0 Å². The third-order valence-electron chi connectivity index (χ3n) is 12.7. The first-order chi connectivity index (χ1) is 28.7. The number of aromatic nitrogens is 3. The van der Waals surface area contributed by atoms with Crippen LogP contribution >= 0.6 is 22.9 Å². The second-order valence-corrected chi connectivity index (χ2v) is 17.1. The first kappa shape index (κ1) is 32.5. The molecule has 7 aromatic carbocycles. The first-order valence-electron chi connectivity index (χ1n) is 20.0. The molecule has 3 unspecified atom stereocenters. The van der Waals surface area contributed by atoms with E-state index in [0.717, 1.165) is 28.3 Å². The molecule has 4 heterocycles. The Morgan fingerprint density at radius 3 is 2.28 bits per heavy atom. The lowest BCUT2D eigenvalue weighted by molar-refractivity contribution is 0.744. The summed E-state index contributed by atoms with van der Waals surface area (Å²) in [5.74, 6) is 1.14. The van der Waals surface area contributed by atoms with Crippen molar-refractivity contribution in [2.24, 2.45) is 0 Å². The van der Waals surface area contributed by atoms with E-state index in [4.69, 9.17) is 21.6 Å². The van der Waals surface area contributed by atoms with Gasteiger partial charge in [-0.3, -0.25) is 4.57 Å². The van der Waals surface area contributed by atoms with Crippen molar-refractivity contribution in [1.82, 2.24) is 14.5 Å². The Labute approximate surface area is 342 Å². The van der Waals surface area contributed by atoms with Crippen molar-refractivity contribution in [3.8, 4) is 5.82 Å². The number of nitrogens with zero attached hydrogens (tertiary/aromatic N) is 4. The van der Waals surface area contributed by atoms with E-state index < -0.39 is 0 Å². The highest BCUT2D eigenvalue weighted by Crippen LogP contribution is 2.50. The zero-order valence-corrected chi connectivity index (χ0v) is 32.8. The minimum absolute atomic E-state index is 0.183. The topological polar surface area (TPSA) is 34.0 Å². The molecule has 3 aromatic heterocycles. The second kappa shape index (κ2) is 12.2. The van der Waals surface area contributed by atoms with E-state index in [1.807, 2.05) is 35.6 Å². The summed E-state index contributed by atoms with van der Waals surface area (Å²) in [5.41, 5.74) is 7.97. The molecule has 274 valence electrons. The fraction of sp³-hybridized carbons (Fsp3) is 0.0769. The second-order valence-electron chi connectivity index (χ2n) is 15.7. The highest BCUT2D eigenvalue weighted by atomic mass is 35.5. The van der Waals surface area contributed by atoms with E-state index in [0.29, 0.717) is 16.9 Å². The molecule has 3 aliphatic rings. The maximum absolute atomic E-state index is 7.22. The van der Waals surface area contributed by atoms with Crippen molar-refractivity contribution >= 4 is 110 Å². The van der Waals surface area contributed by atoms with E-state index in [1.54, 1.807) is 0 Å². The maximum atomic E-state index is 7.22. The molecule has 13 rings (SSSR count). The average Bonchev–Trinajstić information content (AvgIpc) is 3.95. The van der Waals surface area contributed by atoms with Gasteiger partial charge in [-0.2, -0.15) is 0 Å². The van der Waals surface area contributed by atoms with Crippen LogP contribution in [0.5, 0.6) is 0 Å². The molecule has 0 fully saturated rings. The third kappa shape index (κ3) is 4.51. The number of thiophene rings is 1. The molecule has 58 heavy (non-hydrogen) atoms. The molecule has 1 aliphatic heterocycles. The normalized spacial score (nSPS) is 18.3. The zero-order valence-electron chi connectivity index (χ0n) is 31.2. The SMILES string of the molecule is Clc1nc2ccccc2nc1-n1c2c(c3c4ccccc4c4c(sc5ccc6ccccc6c54)c31)=CC(c1ccc3c(c1)C1C=CC=CC1N3c1ccccc1)CC=2. The molecule has 0 bridgehead atoms. The van der Waals surface area contributed by atoms with Crippen molar-refractivity contribution in [2.45, 2.75) is 24.3 Å². The van der Waals surface area contributed by atoms with Crippen LogP contribution in [-0.4, -0.2) is 20.6 Å². The standard InChI is InChI=1S/C52H33ClN4S/c53-51-52(55-41-20-10-9-19-40(41)54-51)57-44-26-23-32(31-22-25-43-38(28-31)35-16-8-11-21-42(35)56(43)33-13-2-1-3-14-33)29-39(44)46-36-17-6-7-18-37(36)48-47-34-15-5-4-12-30(34)24-27-45(47)58-50(48)49(46)57/h1-22,24-29,32,35,42H,23H2. The van der Waals surface area contributed by atoms with Crippen molar-refractivity contribution < 1.29 is 0 Å². The Bertz CT molecular complexity index is 3600. The molecule has 2 aliphatic carbocycles. The maximum Gasteiger partial charge on any atom is 0.176 e. The van der Waals surface area contributed by atoms with Gasteiger partial charge in [-0.15, -0.1) is 11.3 Å². The van der Waals surface area contributed by atoms with Crippen LogP contribution in [0.2, 0.25) is 5.15 Å². The Morgan fingerprint density at radius 2 is 1.41 bits per heavy atom. The number of anilines is 2. The van der Waals surface area contributed by atoms with Crippen molar-refractivity contribution in [1.29, 1.82) is 0 Å². The van der Waals surface area contributed by atoms with Crippen LogP contribution in [0.25, 0.3) is 81.6 Å². The predicted molar refractivity (Wildman–Crippen MR) is 245 cm³/mol. The smallest absolute Gasteiger partial charge is 0.176 e. The quantitative estimate of drug-likeness (QED) is 0.179. The summed E-state index contributed by atoms with van der Waals surface area (Å²) in [6.45, 7) is 0. The fourth-order valence-electron chi connectivity index (χ4n) is 10.2. The van der Waals surface area contributed by atoms with Crippen LogP contribution in [0.1, 0.15) is 29.4 Å². The van der Waals surface area contributed by atoms with Crippen molar-refractivity contribution in [3.63, 3.8) is 0 Å². The number of fused-ring (bicyclic) bond motifs is 16. The van der Waals surface area contributed by atoms with Gasteiger partial charge >= 0.3 is 0 Å². The van der Waals surface area contributed by atoms with Gasteiger partial charge in [-0.25, -0.2) is 9.97 Å². The van der Waals surface area contributed by atoms with Crippen LogP contribution in [0, 0.1) is 0 Å². The molecule has 0 saturated carbocycles. The highest BCUT2D eigenvalue weighted by Gasteiger charge is 2.38. The summed E-state index contributed by atoms with van der Waals surface area (Å²) in [5, 5.41) is 11.6. The van der Waals surface area contributed by atoms with Gasteiger partial charge in [-0.1, -0.05) is 145 Å². The van der Waals surface area contributed by atoms with Gasteiger partial charge < -0.3 is 4.90 Å². The summed E-state index contributed by atoms with van der Waals surface area (Å²) >= 11 is 9.09. The molecule has 4 nitrogen and oxygen atoms in total. The highest BCUT2D eigenvalue weighted by molar-refractivity contribution is 7.27. The lowest BCUT2D eigenvalue weighted by Gasteiger charge is -2.28. The van der Waals surface area contributed by atoms with Gasteiger partial charge in [-0.05, 0) is 75.5 Å². The summed E-state index contributed by atoms with van der Waals surface area (Å²) in [6.07, 6.45) is 14.9. The van der Waals surface area contributed by atoms with E-state index in [1.165, 1.54) is 74.8 Å². The van der Waals surface area contributed by atoms with Crippen LogP contribution in [0.4, 0.5) is 11.4 Å². The van der Waals surface area contributed by atoms with Gasteiger partial charge in [0.25, 0.3) is 0 Å². The number of rotatable bonds is 3. The van der Waals surface area contributed by atoms with Gasteiger partial charge in [0.05, 0.1) is 32.6 Å². The molecule has 6 heteroatoms. The number of benzene rings is 7. The van der Waals surface area contributed by atoms with E-state index in [2.05, 4.69) is 155 Å². The summed E-state index contributed by atoms with van der Waals surface area (Å²) in [7, 11) is 0. The monoisotopic (exact) mass is 780 g/mol. The summed E-state index contributed by atoms with van der Waals surface area (Å²) < 4.78 is 4.84. The average molecular weight is 781 g/mol. The largest absolute Gasteiger partial charge is 0.333 e. The summed E-state index contributed by atoms with van der Waals surface area (Å²) in [4.78, 5) is 12.7. The molecule has 3 atom stereocenters. The van der Waals surface area contributed by atoms with Gasteiger partial charge in [0.2, 0.25) is 0 Å². The summed E-state index contributed by atoms with van der Waals surface area (Å²) in [6, 6.07) is 48.6. The number of hydrogen-bond donors (Lipinski definition) is 0. The minimum atomic E-state index is 0.183. The zero-order chi connectivity index (χ0) is 38.1. The van der Waals surface area contributed by atoms with E-state index in [9.17, 15) is 0 Å². The van der Waals surface area contributed by atoms with Crippen LogP contribution in [0.15, 0.2) is 158 Å². The number of allylic oxidation sites excluding steroid dienone is 2. The predicted octanol–water partition coefficient (Wildman–Crippen LogP) is 12.4. The third-order valence-corrected chi connectivity index (χ3v) is 14.1. The molecule has 0 radical (unpaired) electrons. The van der Waals surface area contributed by atoms with E-state index in [-0.39, 0.29) is 12.0 Å². The Hall–Kier alpha value is -6.53. The Kier molecular flexibility index (Phi) is 6.87. The van der Waals surface area contributed by atoms with Crippen molar-refractivity contribution in [3.05, 3.63) is 185 Å². The Balaban J connectivity index is 1.11. The number of halogens is 1. The molecule has 0 saturated heterocycles. The number of para-hydroxylation sites is 3. The lowest BCUT2D eigenvalue weighted by atomic mass is 9.86. The molecule has 0 N–H and O–H groups in total. The van der Waals surface area contributed by atoms with Gasteiger partial charge in [0, 0.05) is 49.3 Å². The molecular weight excluding hydrogens is 748 g/mol. The minimum Gasteiger partial charge on any atom is -0.333 e. The van der Waals surface area contributed by atoms with Crippen molar-refractivity contribution in [2.75, 3.05) is 4.90 Å².